The topological polar surface area (TPSA) is 82.0 Å². The Hall–Kier alpha value is -1.95. The van der Waals surface area contributed by atoms with E-state index in [0.717, 1.165) is 10.6 Å². The van der Waals surface area contributed by atoms with Gasteiger partial charge in [-0.15, -0.1) is 0 Å². The van der Waals surface area contributed by atoms with Crippen LogP contribution in [-0.4, -0.2) is 9.91 Å². The van der Waals surface area contributed by atoms with Gasteiger partial charge in [0, 0.05) is 6.07 Å². The van der Waals surface area contributed by atoms with Crippen molar-refractivity contribution in [3.05, 3.63) is 45.5 Å². The lowest BCUT2D eigenvalue weighted by Crippen LogP contribution is -1.88. The second-order valence-electron chi connectivity index (χ2n) is 3.30. The molecule has 0 aliphatic carbocycles. The van der Waals surface area contributed by atoms with Gasteiger partial charge in [0.2, 0.25) is 0 Å². The molecule has 0 aliphatic heterocycles. The molecule has 0 aliphatic rings. The summed E-state index contributed by atoms with van der Waals surface area (Å²) in [5.41, 5.74) is 6.70. The Morgan fingerprint density at radius 3 is 2.81 bits per heavy atom. The van der Waals surface area contributed by atoms with E-state index < -0.39 is 15.4 Å². The van der Waals surface area contributed by atoms with Gasteiger partial charge in [-0.05, 0) is 13.0 Å². The predicted molar refractivity (Wildman–Crippen MR) is 63.9 cm³/mol. The molecule has 1 aromatic heterocycles. The third kappa shape index (κ3) is 1.87. The molecule has 2 N–H and O–H groups in total. The fraction of sp³-hybridized carbons (Fsp3) is 0.100. The van der Waals surface area contributed by atoms with Gasteiger partial charge in [0.15, 0.2) is 10.3 Å². The third-order valence-corrected chi connectivity index (χ3v) is 3.96. The molecular weight excluding hydrogens is 226 g/mol. The molecule has 0 fully saturated rings. The van der Waals surface area contributed by atoms with Crippen LogP contribution < -0.4 is 5.73 Å². The number of benzene rings is 1. The van der Waals surface area contributed by atoms with Crippen LogP contribution in [0.5, 0.6) is 0 Å². The van der Waals surface area contributed by atoms with Gasteiger partial charge in [-0.25, -0.2) is 0 Å². The van der Waals surface area contributed by atoms with Gasteiger partial charge in [0.25, 0.3) is 5.69 Å². The number of aryl methyl sites for hydroxylation is 1. The summed E-state index contributed by atoms with van der Waals surface area (Å²) in [6.07, 6.45) is 0. The number of aromatic nitrogens is 1. The van der Waals surface area contributed by atoms with Crippen molar-refractivity contribution in [1.29, 1.82) is 0 Å². The fourth-order valence-electron chi connectivity index (χ4n) is 1.40. The molecule has 0 bridgehead atoms. The van der Waals surface area contributed by atoms with E-state index in [4.69, 9.17) is 5.73 Å². The van der Waals surface area contributed by atoms with Crippen LogP contribution in [0.25, 0.3) is 4.90 Å². The Labute approximate surface area is 94.7 Å². The number of anilines is 1. The van der Waals surface area contributed by atoms with E-state index in [2.05, 4.69) is 4.98 Å². The quantitative estimate of drug-likeness (QED) is 0.493. The first-order chi connectivity index (χ1) is 7.58. The number of non-ortho nitro benzene ring substituents is 1. The van der Waals surface area contributed by atoms with Crippen molar-refractivity contribution in [3.63, 3.8) is 0 Å². The standard InChI is InChI=1S/C10H10N3O2S/c1-7-6-16(10(11)12-7)9-4-2-3-8(5-9)13(14)15/h2-6H,1H3,(H2,11,12)/q+1. The number of nitrogens with zero attached hydrogens (tertiary/aromatic N) is 2. The van der Waals surface area contributed by atoms with E-state index in [9.17, 15) is 10.1 Å². The summed E-state index contributed by atoms with van der Waals surface area (Å²) in [6, 6.07) is 6.50. The summed E-state index contributed by atoms with van der Waals surface area (Å²) in [5.74, 6) is 0. The second-order valence-corrected chi connectivity index (χ2v) is 5.10. The Morgan fingerprint density at radius 2 is 2.25 bits per heavy atom. The number of rotatable bonds is 2. The molecule has 5 nitrogen and oxygen atoms in total. The number of nitrogen functional groups attached to an aromatic ring is 1. The summed E-state index contributed by atoms with van der Waals surface area (Å²) in [6.45, 7) is 1.86. The highest BCUT2D eigenvalue weighted by Gasteiger charge is 2.20. The van der Waals surface area contributed by atoms with Gasteiger partial charge in [-0.1, -0.05) is 6.07 Å². The Kier molecular flexibility index (Phi) is 2.57. The molecule has 2 aromatic rings. The molecule has 1 atom stereocenters. The summed E-state index contributed by atoms with van der Waals surface area (Å²) in [7, 11) is -0.431. The molecule has 1 heterocycles. The van der Waals surface area contributed by atoms with Crippen LogP contribution in [0.1, 0.15) is 5.69 Å². The Bertz CT molecular complexity index is 551. The molecule has 0 saturated carbocycles. The molecule has 1 unspecified atom stereocenters. The van der Waals surface area contributed by atoms with Gasteiger partial charge in [-0.3, -0.25) is 10.1 Å². The number of thiazole rings is 1. The average molecular weight is 236 g/mol. The van der Waals surface area contributed by atoms with Gasteiger partial charge in [-0.2, -0.15) is 4.98 Å². The van der Waals surface area contributed by atoms with Crippen LogP contribution >= 0.6 is 10.5 Å². The molecule has 0 amide bonds. The Balaban J connectivity index is 2.52. The minimum absolute atomic E-state index is 0.0794. The van der Waals surface area contributed by atoms with Gasteiger partial charge >= 0.3 is 5.13 Å². The van der Waals surface area contributed by atoms with Gasteiger partial charge in [0.1, 0.15) is 0 Å². The number of nitro benzene ring substituents is 1. The molecular formula is C10H10N3O2S+. The van der Waals surface area contributed by atoms with E-state index in [-0.39, 0.29) is 5.69 Å². The lowest BCUT2D eigenvalue weighted by atomic mass is 10.3. The van der Waals surface area contributed by atoms with E-state index in [1.54, 1.807) is 12.1 Å². The van der Waals surface area contributed by atoms with Crippen molar-refractivity contribution < 1.29 is 4.92 Å². The lowest BCUT2D eigenvalue weighted by molar-refractivity contribution is -0.384. The predicted octanol–water partition coefficient (Wildman–Crippen LogP) is 2.62. The highest BCUT2D eigenvalue weighted by molar-refractivity contribution is 7.41. The van der Waals surface area contributed by atoms with E-state index in [1.165, 1.54) is 6.07 Å². The first-order valence-electron chi connectivity index (χ1n) is 4.58. The zero-order valence-corrected chi connectivity index (χ0v) is 9.40. The maximum absolute atomic E-state index is 10.6. The molecule has 82 valence electrons. The minimum atomic E-state index is -0.431. The second kappa shape index (κ2) is 3.90. The van der Waals surface area contributed by atoms with Crippen LogP contribution in [-0.2, 0) is 0 Å². The van der Waals surface area contributed by atoms with Gasteiger partial charge < -0.3 is 5.73 Å². The van der Waals surface area contributed by atoms with Crippen molar-refractivity contribution in [3.8, 4) is 4.90 Å². The zero-order chi connectivity index (χ0) is 11.7. The van der Waals surface area contributed by atoms with Crippen molar-refractivity contribution in [1.82, 2.24) is 4.98 Å². The highest BCUT2D eigenvalue weighted by Crippen LogP contribution is 2.38. The molecule has 0 saturated heterocycles. The average Bonchev–Trinajstić information content (AvgIpc) is 2.58. The molecule has 2 rings (SSSR count). The largest absolute Gasteiger partial charge is 0.343 e. The minimum Gasteiger partial charge on any atom is -0.339 e. The summed E-state index contributed by atoms with van der Waals surface area (Å²) in [5, 5.41) is 13.1. The summed E-state index contributed by atoms with van der Waals surface area (Å²) >= 11 is 0. The number of hydrogen-bond acceptors (Lipinski definition) is 4. The molecule has 0 spiro atoms. The SMILES string of the molecule is Cc1c[s+](-c2cccc([N+](=O)[O-])c2)c(N)n1. The van der Waals surface area contributed by atoms with Crippen molar-refractivity contribution in [2.24, 2.45) is 0 Å². The summed E-state index contributed by atoms with van der Waals surface area (Å²) < 4.78 is 0. The fourth-order valence-corrected chi connectivity index (χ4v) is 3.01. The number of hydrogen-bond donors (Lipinski definition) is 1. The number of nitrogens with two attached hydrogens (primary N) is 1. The van der Waals surface area contributed by atoms with E-state index in [1.807, 2.05) is 18.4 Å². The maximum atomic E-state index is 10.6. The first-order valence-corrected chi connectivity index (χ1v) is 5.87. The smallest absolute Gasteiger partial charge is 0.339 e. The molecule has 16 heavy (non-hydrogen) atoms. The Morgan fingerprint density at radius 1 is 1.50 bits per heavy atom. The molecule has 6 heteroatoms. The normalized spacial score (nSPS) is 11.4. The first kappa shape index (κ1) is 10.6. The summed E-state index contributed by atoms with van der Waals surface area (Å²) in [4.78, 5) is 15.2. The highest BCUT2D eigenvalue weighted by atomic mass is 32.2. The lowest BCUT2D eigenvalue weighted by Gasteiger charge is -1.91. The number of nitro groups is 1. The van der Waals surface area contributed by atoms with Crippen LogP contribution in [0.3, 0.4) is 0 Å². The van der Waals surface area contributed by atoms with Crippen LogP contribution in [0.15, 0.2) is 29.6 Å². The van der Waals surface area contributed by atoms with Crippen LogP contribution in [0.2, 0.25) is 0 Å². The maximum Gasteiger partial charge on any atom is 0.343 e. The van der Waals surface area contributed by atoms with E-state index >= 15 is 0 Å². The third-order valence-electron chi connectivity index (χ3n) is 2.08. The monoisotopic (exact) mass is 236 g/mol. The van der Waals surface area contributed by atoms with Crippen LogP contribution in [0, 0.1) is 17.0 Å². The van der Waals surface area contributed by atoms with Crippen molar-refractivity contribution in [2.75, 3.05) is 5.73 Å². The van der Waals surface area contributed by atoms with Crippen LogP contribution in [0.4, 0.5) is 10.8 Å². The van der Waals surface area contributed by atoms with Gasteiger partial charge in [0.05, 0.1) is 27.2 Å². The van der Waals surface area contributed by atoms with E-state index in [0.29, 0.717) is 5.13 Å². The molecule has 1 aromatic carbocycles. The van der Waals surface area contributed by atoms with Crippen molar-refractivity contribution >= 4 is 21.3 Å². The zero-order valence-electron chi connectivity index (χ0n) is 8.58. The van der Waals surface area contributed by atoms with Crippen molar-refractivity contribution in [2.45, 2.75) is 6.92 Å². The molecule has 0 radical (unpaired) electrons.